The van der Waals surface area contributed by atoms with Crippen LogP contribution in [0, 0.1) is 5.41 Å². The van der Waals surface area contributed by atoms with Gasteiger partial charge in [-0.1, -0.05) is 6.92 Å². The molecule has 17 heavy (non-hydrogen) atoms. The van der Waals surface area contributed by atoms with Gasteiger partial charge in [0.2, 0.25) is 0 Å². The summed E-state index contributed by atoms with van der Waals surface area (Å²) in [4.78, 5) is 9.60. The van der Waals surface area contributed by atoms with E-state index in [0.717, 1.165) is 6.54 Å². The van der Waals surface area contributed by atoms with Crippen LogP contribution < -0.4 is 11.1 Å². The van der Waals surface area contributed by atoms with Gasteiger partial charge in [-0.05, 0) is 65.1 Å². The molecule has 1 aliphatic rings. The Bertz CT molecular complexity index is 200. The van der Waals surface area contributed by atoms with Gasteiger partial charge in [-0.2, -0.15) is 0 Å². The number of nitrogens with two attached hydrogens (primary N) is 1. The Labute approximate surface area is 105 Å². The minimum atomic E-state index is -0.318. The van der Waals surface area contributed by atoms with Crippen molar-refractivity contribution in [3.63, 3.8) is 0 Å². The quantitative estimate of drug-likeness (QED) is 0.741. The predicted molar refractivity (Wildman–Crippen MR) is 70.8 cm³/mol. The largest absolute Gasteiger partial charge is 0.462 e. The molecule has 4 nitrogen and oxygen atoms in total. The van der Waals surface area contributed by atoms with Crippen LogP contribution in [0.2, 0.25) is 0 Å². The smallest absolute Gasteiger partial charge is 0.293 e. The number of carbonyl (C=O) groups excluding carboxylic acids is 1. The predicted octanol–water partition coefficient (Wildman–Crippen LogP) is 1.68. The van der Waals surface area contributed by atoms with Gasteiger partial charge >= 0.3 is 0 Å². The third-order valence-electron chi connectivity index (χ3n) is 2.96. The number of nitrogens with one attached hydrogen (secondary N) is 1. The molecule has 0 aromatic rings. The maximum atomic E-state index is 9.60. The SMILES string of the molecule is CC(C)(C)OC=O.CC1(CCN)CCNCC1. The van der Waals surface area contributed by atoms with Crippen LogP contribution in [-0.2, 0) is 9.53 Å². The highest BCUT2D eigenvalue weighted by molar-refractivity contribution is 5.37. The van der Waals surface area contributed by atoms with Crippen LogP contribution in [0.5, 0.6) is 0 Å². The standard InChI is InChI=1S/C8H18N2.C5H10O2/c1-8(2-5-9)3-6-10-7-4-8;1-5(2,3)7-4-6/h10H,2-7,9H2,1H3;4H,1-3H3. The molecule has 0 atom stereocenters. The van der Waals surface area contributed by atoms with E-state index in [0.29, 0.717) is 11.9 Å². The molecule has 0 bridgehead atoms. The summed E-state index contributed by atoms with van der Waals surface area (Å²) in [6.45, 7) is 11.5. The van der Waals surface area contributed by atoms with E-state index in [1.165, 1.54) is 32.4 Å². The van der Waals surface area contributed by atoms with Gasteiger partial charge in [-0.25, -0.2) is 0 Å². The van der Waals surface area contributed by atoms with Gasteiger partial charge in [0.05, 0.1) is 0 Å². The highest BCUT2D eigenvalue weighted by Crippen LogP contribution is 2.30. The van der Waals surface area contributed by atoms with Crippen molar-refractivity contribution in [2.45, 2.75) is 52.6 Å². The lowest BCUT2D eigenvalue weighted by Crippen LogP contribution is -2.35. The van der Waals surface area contributed by atoms with Crippen molar-refractivity contribution in [2.24, 2.45) is 11.1 Å². The molecular formula is C13H28N2O2. The topological polar surface area (TPSA) is 64.3 Å². The maximum Gasteiger partial charge on any atom is 0.293 e. The van der Waals surface area contributed by atoms with Gasteiger partial charge in [-0.3, -0.25) is 4.79 Å². The van der Waals surface area contributed by atoms with Crippen molar-refractivity contribution in [3.8, 4) is 0 Å². The Kier molecular flexibility index (Phi) is 7.39. The molecule has 1 aliphatic heterocycles. The molecule has 102 valence electrons. The van der Waals surface area contributed by atoms with Gasteiger partial charge in [0.25, 0.3) is 6.47 Å². The van der Waals surface area contributed by atoms with E-state index < -0.39 is 0 Å². The van der Waals surface area contributed by atoms with E-state index in [-0.39, 0.29) is 5.60 Å². The van der Waals surface area contributed by atoms with Crippen molar-refractivity contribution in [3.05, 3.63) is 0 Å². The summed E-state index contributed by atoms with van der Waals surface area (Å²) in [5.41, 5.74) is 5.75. The first-order valence-electron chi connectivity index (χ1n) is 6.35. The fraction of sp³-hybridized carbons (Fsp3) is 0.923. The minimum absolute atomic E-state index is 0.318. The molecule has 0 aromatic carbocycles. The lowest BCUT2D eigenvalue weighted by Gasteiger charge is -2.33. The van der Waals surface area contributed by atoms with Gasteiger partial charge < -0.3 is 15.8 Å². The lowest BCUT2D eigenvalue weighted by molar-refractivity contribution is -0.138. The van der Waals surface area contributed by atoms with Gasteiger partial charge in [-0.15, -0.1) is 0 Å². The van der Waals surface area contributed by atoms with Crippen LogP contribution in [0.25, 0.3) is 0 Å². The van der Waals surface area contributed by atoms with Crippen molar-refractivity contribution in [2.75, 3.05) is 19.6 Å². The number of hydrogen-bond donors (Lipinski definition) is 2. The first-order valence-corrected chi connectivity index (χ1v) is 6.35. The fourth-order valence-corrected chi connectivity index (χ4v) is 1.77. The molecule has 0 unspecified atom stereocenters. The van der Waals surface area contributed by atoms with Crippen LogP contribution in [0.15, 0.2) is 0 Å². The average Bonchev–Trinajstić information content (AvgIpc) is 2.17. The summed E-state index contributed by atoms with van der Waals surface area (Å²) < 4.78 is 4.55. The van der Waals surface area contributed by atoms with Crippen LogP contribution in [0.4, 0.5) is 0 Å². The van der Waals surface area contributed by atoms with E-state index >= 15 is 0 Å². The normalized spacial score (nSPS) is 18.9. The van der Waals surface area contributed by atoms with Gasteiger partial charge in [0, 0.05) is 0 Å². The van der Waals surface area contributed by atoms with Crippen molar-refractivity contribution in [1.29, 1.82) is 0 Å². The van der Waals surface area contributed by atoms with Crippen LogP contribution in [-0.4, -0.2) is 31.7 Å². The van der Waals surface area contributed by atoms with Crippen molar-refractivity contribution < 1.29 is 9.53 Å². The summed E-state index contributed by atoms with van der Waals surface area (Å²) in [5.74, 6) is 0. The zero-order valence-corrected chi connectivity index (χ0v) is 11.7. The van der Waals surface area contributed by atoms with E-state index in [9.17, 15) is 4.79 Å². The molecule has 1 fully saturated rings. The summed E-state index contributed by atoms with van der Waals surface area (Å²) in [6, 6.07) is 0. The third-order valence-corrected chi connectivity index (χ3v) is 2.96. The lowest BCUT2D eigenvalue weighted by atomic mass is 9.78. The van der Waals surface area contributed by atoms with E-state index in [4.69, 9.17) is 5.73 Å². The molecule has 0 aliphatic carbocycles. The van der Waals surface area contributed by atoms with E-state index in [1.807, 2.05) is 20.8 Å². The van der Waals surface area contributed by atoms with Crippen molar-refractivity contribution >= 4 is 6.47 Å². The Morgan fingerprint density at radius 3 is 2.18 bits per heavy atom. The Morgan fingerprint density at radius 2 is 1.88 bits per heavy atom. The first kappa shape index (κ1) is 16.4. The molecule has 0 radical (unpaired) electrons. The molecule has 1 heterocycles. The second-order valence-electron chi connectivity index (χ2n) is 5.93. The number of rotatable bonds is 3. The Morgan fingerprint density at radius 1 is 1.35 bits per heavy atom. The summed E-state index contributed by atoms with van der Waals surface area (Å²) in [7, 11) is 0. The van der Waals surface area contributed by atoms with Crippen molar-refractivity contribution in [1.82, 2.24) is 5.32 Å². The number of hydrogen-bond acceptors (Lipinski definition) is 4. The Balaban J connectivity index is 0.000000325. The van der Waals surface area contributed by atoms with Crippen LogP contribution in [0.1, 0.15) is 47.0 Å². The second kappa shape index (κ2) is 7.67. The molecule has 3 N–H and O–H groups in total. The van der Waals surface area contributed by atoms with Crippen LogP contribution >= 0.6 is 0 Å². The third kappa shape index (κ3) is 9.12. The van der Waals surface area contributed by atoms with E-state index in [1.54, 1.807) is 0 Å². The minimum Gasteiger partial charge on any atom is -0.462 e. The molecule has 0 amide bonds. The number of piperidine rings is 1. The maximum absolute atomic E-state index is 9.60. The fourth-order valence-electron chi connectivity index (χ4n) is 1.77. The van der Waals surface area contributed by atoms with Gasteiger partial charge in [0.15, 0.2) is 0 Å². The molecule has 0 aromatic heterocycles. The molecule has 1 saturated heterocycles. The summed E-state index contributed by atoms with van der Waals surface area (Å²) >= 11 is 0. The molecule has 0 saturated carbocycles. The summed E-state index contributed by atoms with van der Waals surface area (Å²) in [5, 5.41) is 3.36. The zero-order valence-electron chi connectivity index (χ0n) is 11.7. The molecule has 4 heteroatoms. The summed E-state index contributed by atoms with van der Waals surface area (Å²) in [6.07, 6.45) is 3.78. The molecular weight excluding hydrogens is 216 g/mol. The molecule has 0 spiro atoms. The molecule has 1 rings (SSSR count). The first-order chi connectivity index (χ1) is 7.83. The highest BCUT2D eigenvalue weighted by atomic mass is 16.5. The second-order valence-corrected chi connectivity index (χ2v) is 5.93. The monoisotopic (exact) mass is 244 g/mol. The Hall–Kier alpha value is -0.610. The average molecular weight is 244 g/mol. The highest BCUT2D eigenvalue weighted by Gasteiger charge is 2.24. The van der Waals surface area contributed by atoms with E-state index in [2.05, 4.69) is 17.0 Å². The number of ether oxygens (including phenoxy) is 1. The van der Waals surface area contributed by atoms with Gasteiger partial charge in [0.1, 0.15) is 5.60 Å². The zero-order chi connectivity index (χ0) is 13.4. The number of carbonyl (C=O) groups is 1. The van der Waals surface area contributed by atoms with Crippen LogP contribution in [0.3, 0.4) is 0 Å².